The van der Waals surface area contributed by atoms with Crippen LogP contribution in [0.3, 0.4) is 0 Å². The molecule has 8 nitrogen and oxygen atoms in total. The number of hydrogen-bond donors (Lipinski definition) is 0. The number of carbonyl (C=O) groups is 3. The van der Waals surface area contributed by atoms with Crippen LogP contribution in [0.15, 0.2) is 47.4 Å². The number of piperazine rings is 1. The Hall–Kier alpha value is -3.17. The number of carbonyl (C=O) groups excluding carboxylic acids is 3. The van der Waals surface area contributed by atoms with E-state index in [1.165, 1.54) is 6.08 Å². The molecule has 3 aliphatic rings. The van der Waals surface area contributed by atoms with Gasteiger partial charge >= 0.3 is 0 Å². The molecule has 0 aliphatic carbocycles. The molecule has 33 heavy (non-hydrogen) atoms. The molecule has 0 spiro atoms. The van der Waals surface area contributed by atoms with Gasteiger partial charge in [-0.2, -0.15) is 0 Å². The highest BCUT2D eigenvalue weighted by Crippen LogP contribution is 2.39. The molecule has 2 fully saturated rings. The van der Waals surface area contributed by atoms with Gasteiger partial charge in [0.1, 0.15) is 6.54 Å². The average Bonchev–Trinajstić information content (AvgIpc) is 3.39. The molecule has 0 aromatic heterocycles. The van der Waals surface area contributed by atoms with Crippen molar-refractivity contribution in [1.29, 1.82) is 0 Å². The van der Waals surface area contributed by atoms with E-state index < -0.39 is 11.1 Å². The van der Waals surface area contributed by atoms with Gasteiger partial charge in [0, 0.05) is 37.9 Å². The second kappa shape index (κ2) is 8.99. The monoisotopic (exact) mass is 485 g/mol. The van der Waals surface area contributed by atoms with Crippen LogP contribution in [0, 0.1) is 0 Å². The van der Waals surface area contributed by atoms with Crippen LogP contribution in [0.2, 0.25) is 5.02 Å². The summed E-state index contributed by atoms with van der Waals surface area (Å²) in [4.78, 5) is 43.3. The topological polar surface area (TPSA) is 79.4 Å². The number of hydrogen-bond acceptors (Lipinski definition) is 7. The lowest BCUT2D eigenvalue weighted by Crippen LogP contribution is -2.51. The first-order chi connectivity index (χ1) is 16.0. The summed E-state index contributed by atoms with van der Waals surface area (Å²) in [6.07, 6.45) is 1.54. The van der Waals surface area contributed by atoms with Gasteiger partial charge in [-0.1, -0.05) is 29.8 Å². The smallest absolute Gasteiger partial charge is 0.294 e. The fourth-order valence-corrected chi connectivity index (χ4v) is 4.95. The lowest BCUT2D eigenvalue weighted by molar-refractivity contribution is -0.136. The zero-order valence-electron chi connectivity index (χ0n) is 17.5. The number of nitrogens with zero attached hydrogens (tertiary/aromatic N) is 3. The van der Waals surface area contributed by atoms with Crippen LogP contribution < -0.4 is 14.4 Å². The van der Waals surface area contributed by atoms with E-state index >= 15 is 0 Å². The van der Waals surface area contributed by atoms with Crippen LogP contribution in [0.5, 0.6) is 11.5 Å². The summed E-state index contributed by atoms with van der Waals surface area (Å²) in [5.74, 6) is 0.306. The minimum atomic E-state index is -0.505. The molecule has 3 aliphatic heterocycles. The molecular weight excluding hydrogens is 466 g/mol. The summed E-state index contributed by atoms with van der Waals surface area (Å²) < 4.78 is 10.6. The molecule has 170 valence electrons. The Bertz CT molecular complexity index is 1150. The van der Waals surface area contributed by atoms with Crippen LogP contribution in [0.1, 0.15) is 5.56 Å². The van der Waals surface area contributed by atoms with Gasteiger partial charge in [0.25, 0.3) is 11.1 Å². The fourth-order valence-electron chi connectivity index (χ4n) is 3.91. The number of thioether (sulfide) groups is 1. The third kappa shape index (κ3) is 4.38. The van der Waals surface area contributed by atoms with Crippen LogP contribution in [0.25, 0.3) is 6.08 Å². The van der Waals surface area contributed by atoms with Gasteiger partial charge in [-0.15, -0.1) is 0 Å². The van der Waals surface area contributed by atoms with E-state index in [2.05, 4.69) is 4.90 Å². The van der Waals surface area contributed by atoms with E-state index in [0.717, 1.165) is 22.3 Å². The summed E-state index contributed by atoms with van der Waals surface area (Å²) in [6.45, 7) is 2.29. The Balaban J connectivity index is 1.23. The first kappa shape index (κ1) is 21.7. The number of ether oxygens (including phenoxy) is 2. The average molecular weight is 486 g/mol. The minimum absolute atomic E-state index is 0.105. The number of benzene rings is 2. The molecular formula is C23H20ClN3O5S. The number of amides is 3. The predicted octanol–water partition coefficient (Wildman–Crippen LogP) is 3.45. The highest BCUT2D eigenvalue weighted by Gasteiger charge is 2.37. The molecule has 3 heterocycles. The first-order valence-electron chi connectivity index (χ1n) is 10.4. The van der Waals surface area contributed by atoms with Crippen molar-refractivity contribution in [3.05, 3.63) is 58.0 Å². The van der Waals surface area contributed by atoms with Crippen molar-refractivity contribution >= 4 is 52.2 Å². The van der Waals surface area contributed by atoms with Crippen LogP contribution in [-0.2, 0) is 9.59 Å². The quantitative estimate of drug-likeness (QED) is 0.613. The van der Waals surface area contributed by atoms with Crippen molar-refractivity contribution in [1.82, 2.24) is 9.80 Å². The van der Waals surface area contributed by atoms with Crippen LogP contribution in [0.4, 0.5) is 10.5 Å². The standard InChI is InChI=1S/C23H20ClN3O5S/c24-17-12-19-18(31-14-32-19)10-15(17)11-20-22(29)27(23(30)33-20)13-21(28)26-8-6-25(7-9-26)16-4-2-1-3-5-16/h1-5,10-12H,6-9,13-14H2/b20-11+. The normalized spacial score (nSPS) is 19.1. The van der Waals surface area contributed by atoms with Crippen molar-refractivity contribution < 1.29 is 23.9 Å². The van der Waals surface area contributed by atoms with Gasteiger partial charge in [0.05, 0.1) is 9.93 Å². The second-order valence-corrected chi connectivity index (χ2v) is 9.10. The number of anilines is 1. The molecule has 10 heteroatoms. The maximum Gasteiger partial charge on any atom is 0.294 e. The number of fused-ring (bicyclic) bond motifs is 1. The Labute approximate surface area is 199 Å². The molecule has 2 aromatic rings. The second-order valence-electron chi connectivity index (χ2n) is 7.70. The lowest BCUT2D eigenvalue weighted by atomic mass is 10.2. The zero-order valence-corrected chi connectivity index (χ0v) is 19.1. The van der Waals surface area contributed by atoms with Crippen molar-refractivity contribution in [2.24, 2.45) is 0 Å². The van der Waals surface area contributed by atoms with Gasteiger partial charge in [-0.3, -0.25) is 19.3 Å². The van der Waals surface area contributed by atoms with E-state index in [1.807, 2.05) is 30.3 Å². The fraction of sp³-hybridized carbons (Fsp3) is 0.261. The molecule has 2 saturated heterocycles. The van der Waals surface area contributed by atoms with E-state index in [4.69, 9.17) is 21.1 Å². The Morgan fingerprint density at radius 2 is 1.73 bits per heavy atom. The number of halogens is 1. The van der Waals surface area contributed by atoms with E-state index in [9.17, 15) is 14.4 Å². The Morgan fingerprint density at radius 3 is 2.45 bits per heavy atom. The maximum absolute atomic E-state index is 12.9. The van der Waals surface area contributed by atoms with Gasteiger partial charge in [0.2, 0.25) is 12.7 Å². The molecule has 0 atom stereocenters. The summed E-state index contributed by atoms with van der Waals surface area (Å²) in [5, 5.41) is -0.0993. The lowest BCUT2D eigenvalue weighted by Gasteiger charge is -2.36. The molecule has 2 aromatic carbocycles. The molecule has 5 rings (SSSR count). The van der Waals surface area contributed by atoms with Crippen molar-refractivity contribution in [2.45, 2.75) is 0 Å². The SMILES string of the molecule is O=C(CN1C(=O)S/C(=C/c2cc3c(cc2Cl)OCO3)C1=O)N1CCN(c2ccccc2)CC1. The summed E-state index contributed by atoms with van der Waals surface area (Å²) in [5.41, 5.74) is 1.65. The number of rotatable bonds is 4. The maximum atomic E-state index is 12.9. The predicted molar refractivity (Wildman–Crippen MR) is 125 cm³/mol. The van der Waals surface area contributed by atoms with Crippen molar-refractivity contribution in [3.63, 3.8) is 0 Å². The van der Waals surface area contributed by atoms with Gasteiger partial charge in [0.15, 0.2) is 11.5 Å². The molecule has 3 amide bonds. The highest BCUT2D eigenvalue weighted by atomic mass is 35.5. The van der Waals surface area contributed by atoms with E-state index in [-0.39, 0.29) is 24.2 Å². The summed E-state index contributed by atoms with van der Waals surface area (Å²) in [6, 6.07) is 13.3. The zero-order chi connectivity index (χ0) is 22.9. The molecule has 0 N–H and O–H groups in total. The third-order valence-corrected chi connectivity index (χ3v) is 6.93. The van der Waals surface area contributed by atoms with Gasteiger partial charge in [-0.05, 0) is 41.6 Å². The molecule has 0 bridgehead atoms. The first-order valence-corrected chi connectivity index (χ1v) is 11.6. The van der Waals surface area contributed by atoms with Crippen LogP contribution in [-0.4, -0.2) is 66.4 Å². The Morgan fingerprint density at radius 1 is 1.03 bits per heavy atom. The molecule has 0 saturated carbocycles. The van der Waals surface area contributed by atoms with Crippen LogP contribution >= 0.6 is 23.4 Å². The number of imide groups is 1. The largest absolute Gasteiger partial charge is 0.454 e. The minimum Gasteiger partial charge on any atom is -0.454 e. The van der Waals surface area contributed by atoms with E-state index in [1.54, 1.807) is 17.0 Å². The summed E-state index contributed by atoms with van der Waals surface area (Å²) >= 11 is 7.08. The number of para-hydroxylation sites is 1. The van der Waals surface area contributed by atoms with Gasteiger partial charge in [-0.25, -0.2) is 0 Å². The van der Waals surface area contributed by atoms with E-state index in [0.29, 0.717) is 48.3 Å². The molecule has 0 unspecified atom stereocenters. The highest BCUT2D eigenvalue weighted by molar-refractivity contribution is 8.18. The van der Waals surface area contributed by atoms with Gasteiger partial charge < -0.3 is 19.3 Å². The molecule has 0 radical (unpaired) electrons. The third-order valence-electron chi connectivity index (χ3n) is 5.70. The van der Waals surface area contributed by atoms with Crippen molar-refractivity contribution in [2.75, 3.05) is 44.4 Å². The Kier molecular flexibility index (Phi) is 5.90. The summed E-state index contributed by atoms with van der Waals surface area (Å²) in [7, 11) is 0. The van der Waals surface area contributed by atoms with Crippen molar-refractivity contribution in [3.8, 4) is 11.5 Å².